The van der Waals surface area contributed by atoms with Crippen molar-refractivity contribution in [3.05, 3.63) is 24.7 Å². The summed E-state index contributed by atoms with van der Waals surface area (Å²) in [4.78, 5) is 0. The van der Waals surface area contributed by atoms with Gasteiger partial charge >= 0.3 is 0 Å². The lowest BCUT2D eigenvalue weighted by atomic mass is 10.2. The summed E-state index contributed by atoms with van der Waals surface area (Å²) in [6.07, 6.45) is 3.47. The first-order valence-corrected chi connectivity index (χ1v) is 8.30. The number of hydrogen-bond acceptors (Lipinski definition) is 2. The summed E-state index contributed by atoms with van der Waals surface area (Å²) in [5.41, 5.74) is 0. The highest BCUT2D eigenvalue weighted by atomic mass is 28.4. The minimum absolute atomic E-state index is 0.185. The first-order valence-electron chi connectivity index (χ1n) is 5.39. The van der Waals surface area contributed by atoms with Gasteiger partial charge in [0, 0.05) is 6.08 Å². The smallest absolute Gasteiger partial charge is 0.265 e. The molecule has 88 valence electrons. The topological polar surface area (TPSA) is 18.5 Å². The fourth-order valence-corrected chi connectivity index (χ4v) is 1.69. The largest absolute Gasteiger partial charge is 0.519 e. The lowest BCUT2D eigenvalue weighted by Crippen LogP contribution is -2.40. The molecule has 0 aliphatic carbocycles. The standard InChI is InChI=1S/C12H24O2Si/c1-8-10-11(13-9-2)14-15(6,7)12(3,4)5/h8,10H,1,9H2,2-7H3/b11-10+. The Labute approximate surface area is 95.1 Å². The van der Waals surface area contributed by atoms with Gasteiger partial charge in [0.2, 0.25) is 0 Å². The van der Waals surface area contributed by atoms with Crippen molar-refractivity contribution in [1.82, 2.24) is 0 Å². The van der Waals surface area contributed by atoms with Crippen molar-refractivity contribution < 1.29 is 9.16 Å². The summed E-state index contributed by atoms with van der Waals surface area (Å²) in [5.74, 6) is 0.596. The van der Waals surface area contributed by atoms with E-state index >= 15 is 0 Å². The highest BCUT2D eigenvalue weighted by Crippen LogP contribution is 2.37. The van der Waals surface area contributed by atoms with Crippen LogP contribution < -0.4 is 0 Å². The Balaban J connectivity index is 4.67. The quantitative estimate of drug-likeness (QED) is 0.401. The second-order valence-electron chi connectivity index (χ2n) is 5.02. The molecule has 0 bridgehead atoms. The molecule has 0 radical (unpaired) electrons. The van der Waals surface area contributed by atoms with Gasteiger partial charge in [0.1, 0.15) is 0 Å². The molecular weight excluding hydrogens is 204 g/mol. The van der Waals surface area contributed by atoms with Crippen molar-refractivity contribution in [3.63, 3.8) is 0 Å². The maximum absolute atomic E-state index is 5.99. The fraction of sp³-hybridized carbons (Fsp3) is 0.667. The fourth-order valence-electron chi connectivity index (χ4n) is 0.755. The van der Waals surface area contributed by atoms with E-state index in [1.165, 1.54) is 0 Å². The molecule has 0 rings (SSSR count). The molecule has 0 N–H and O–H groups in total. The zero-order valence-corrected chi connectivity index (χ0v) is 11.9. The van der Waals surface area contributed by atoms with Gasteiger partial charge in [-0.1, -0.05) is 33.4 Å². The van der Waals surface area contributed by atoms with Crippen LogP contribution in [0.1, 0.15) is 27.7 Å². The molecule has 2 nitrogen and oxygen atoms in total. The van der Waals surface area contributed by atoms with E-state index in [0.29, 0.717) is 12.6 Å². The average Bonchev–Trinajstić information content (AvgIpc) is 2.02. The zero-order valence-electron chi connectivity index (χ0n) is 10.9. The minimum Gasteiger partial charge on any atom is -0.519 e. The van der Waals surface area contributed by atoms with Gasteiger partial charge in [0.05, 0.1) is 6.61 Å². The lowest BCUT2D eigenvalue weighted by Gasteiger charge is -2.36. The molecule has 0 heterocycles. The van der Waals surface area contributed by atoms with Gasteiger partial charge in [-0.2, -0.15) is 0 Å². The van der Waals surface area contributed by atoms with Gasteiger partial charge in [0.25, 0.3) is 14.3 Å². The first-order chi connectivity index (χ1) is 6.74. The summed E-state index contributed by atoms with van der Waals surface area (Å²) >= 11 is 0. The zero-order chi connectivity index (χ0) is 12.1. The average molecular weight is 228 g/mol. The lowest BCUT2D eigenvalue weighted by molar-refractivity contribution is 0.107. The Morgan fingerprint density at radius 2 is 1.87 bits per heavy atom. The summed E-state index contributed by atoms with van der Waals surface area (Å²) in [7, 11) is -1.78. The maximum atomic E-state index is 5.99. The van der Waals surface area contributed by atoms with E-state index < -0.39 is 8.32 Å². The summed E-state index contributed by atoms with van der Waals surface area (Å²) in [5, 5.41) is 0.185. The van der Waals surface area contributed by atoms with Gasteiger partial charge in [-0.25, -0.2) is 0 Å². The molecule has 0 aromatic rings. The molecule has 0 atom stereocenters. The molecule has 0 aliphatic heterocycles. The van der Waals surface area contributed by atoms with Crippen LogP contribution in [0.3, 0.4) is 0 Å². The van der Waals surface area contributed by atoms with E-state index in [1.54, 1.807) is 12.2 Å². The molecule has 15 heavy (non-hydrogen) atoms. The monoisotopic (exact) mass is 228 g/mol. The Hall–Kier alpha value is -0.703. The van der Waals surface area contributed by atoms with Crippen LogP contribution in [0, 0.1) is 0 Å². The van der Waals surface area contributed by atoms with Crippen molar-refractivity contribution in [1.29, 1.82) is 0 Å². The molecule has 0 fully saturated rings. The van der Waals surface area contributed by atoms with Crippen LogP contribution in [0.25, 0.3) is 0 Å². The molecule has 0 amide bonds. The van der Waals surface area contributed by atoms with Crippen LogP contribution in [0.2, 0.25) is 18.1 Å². The van der Waals surface area contributed by atoms with Crippen LogP contribution in [-0.2, 0) is 9.16 Å². The van der Waals surface area contributed by atoms with Gasteiger partial charge in [-0.3, -0.25) is 0 Å². The van der Waals surface area contributed by atoms with E-state index in [-0.39, 0.29) is 5.04 Å². The van der Waals surface area contributed by atoms with Gasteiger partial charge in [-0.15, -0.1) is 0 Å². The Kier molecular flexibility index (Phi) is 5.15. The van der Waals surface area contributed by atoms with E-state index in [2.05, 4.69) is 40.4 Å². The number of hydrogen-bond donors (Lipinski definition) is 0. The number of allylic oxidation sites excluding steroid dienone is 2. The molecule has 0 saturated carbocycles. The minimum atomic E-state index is -1.78. The van der Waals surface area contributed by atoms with E-state index in [1.807, 2.05) is 6.92 Å². The molecule has 0 spiro atoms. The van der Waals surface area contributed by atoms with Crippen LogP contribution in [0.15, 0.2) is 24.7 Å². The number of ether oxygens (including phenoxy) is 1. The summed E-state index contributed by atoms with van der Waals surface area (Å²) < 4.78 is 11.4. The second kappa shape index (κ2) is 5.40. The highest BCUT2D eigenvalue weighted by molar-refractivity contribution is 6.74. The van der Waals surface area contributed by atoms with Crippen molar-refractivity contribution in [2.24, 2.45) is 0 Å². The van der Waals surface area contributed by atoms with Crippen molar-refractivity contribution in [2.75, 3.05) is 6.61 Å². The molecule has 0 saturated heterocycles. The first kappa shape index (κ1) is 14.3. The second-order valence-corrected chi connectivity index (χ2v) is 9.74. The van der Waals surface area contributed by atoms with Crippen LogP contribution in [-0.4, -0.2) is 14.9 Å². The molecule has 0 aliphatic rings. The van der Waals surface area contributed by atoms with Crippen molar-refractivity contribution in [3.8, 4) is 0 Å². The van der Waals surface area contributed by atoms with Crippen LogP contribution in [0.4, 0.5) is 0 Å². The van der Waals surface area contributed by atoms with E-state index in [4.69, 9.17) is 9.16 Å². The third-order valence-corrected chi connectivity index (χ3v) is 7.03. The van der Waals surface area contributed by atoms with Gasteiger partial charge in [0.15, 0.2) is 0 Å². The van der Waals surface area contributed by atoms with Crippen molar-refractivity contribution >= 4 is 8.32 Å². The SMILES string of the molecule is C=C/C=C(\OCC)O[Si](C)(C)C(C)(C)C. The Bertz CT molecular complexity index is 236. The molecule has 0 unspecified atom stereocenters. The summed E-state index contributed by atoms with van der Waals surface area (Å²) in [6, 6.07) is 0. The predicted molar refractivity (Wildman–Crippen MR) is 68.2 cm³/mol. The van der Waals surface area contributed by atoms with Crippen molar-refractivity contribution in [2.45, 2.75) is 45.8 Å². The van der Waals surface area contributed by atoms with Gasteiger partial charge < -0.3 is 9.16 Å². The normalized spacial score (nSPS) is 13.6. The molecule has 3 heteroatoms. The number of rotatable bonds is 5. The third-order valence-electron chi connectivity index (χ3n) is 2.70. The highest BCUT2D eigenvalue weighted by Gasteiger charge is 2.39. The molecular formula is C12H24O2Si. The van der Waals surface area contributed by atoms with Gasteiger partial charge in [-0.05, 0) is 25.1 Å². The molecule has 0 aromatic heterocycles. The van der Waals surface area contributed by atoms with Crippen LogP contribution in [0.5, 0.6) is 0 Å². The molecule has 0 aromatic carbocycles. The maximum Gasteiger partial charge on any atom is 0.265 e. The third kappa shape index (κ3) is 4.56. The predicted octanol–water partition coefficient (Wildman–Crippen LogP) is 4.07. The van der Waals surface area contributed by atoms with E-state index in [9.17, 15) is 0 Å². The Morgan fingerprint density at radius 3 is 2.20 bits per heavy atom. The van der Waals surface area contributed by atoms with Crippen LogP contribution >= 0.6 is 0 Å². The summed E-state index contributed by atoms with van der Waals surface area (Å²) in [6.45, 7) is 17.2. The van der Waals surface area contributed by atoms with E-state index in [0.717, 1.165) is 0 Å². The Morgan fingerprint density at radius 1 is 1.33 bits per heavy atom.